The second-order valence-electron chi connectivity index (χ2n) is 5.27. The van der Waals surface area contributed by atoms with Crippen molar-refractivity contribution in [3.63, 3.8) is 0 Å². The molecule has 1 aliphatic carbocycles. The number of carbonyl (C=O) groups is 2. The van der Waals surface area contributed by atoms with Crippen molar-refractivity contribution in [3.05, 3.63) is 66.3 Å². The highest BCUT2D eigenvalue weighted by Crippen LogP contribution is 2.44. The number of hydrogen-bond donors (Lipinski definition) is 0. The van der Waals surface area contributed by atoms with Crippen LogP contribution in [-0.2, 0) is 14.2 Å². The third-order valence-electron chi connectivity index (χ3n) is 3.89. The van der Waals surface area contributed by atoms with E-state index in [1.807, 2.05) is 24.3 Å². The van der Waals surface area contributed by atoms with E-state index < -0.39 is 8.03 Å². The van der Waals surface area contributed by atoms with Gasteiger partial charge in [0.1, 0.15) is 5.75 Å². The summed E-state index contributed by atoms with van der Waals surface area (Å²) in [6, 6.07) is 12.7. The topological polar surface area (TPSA) is 60.4 Å². The third-order valence-corrected chi connectivity index (χ3v) is 5.24. The molecule has 0 N–H and O–H groups in total. The van der Waals surface area contributed by atoms with Crippen LogP contribution >= 0.6 is 8.03 Å². The normalized spacial score (nSPS) is 18.8. The summed E-state index contributed by atoms with van der Waals surface area (Å²) in [5, 5.41) is 0.499. The third kappa shape index (κ3) is 2.19. The van der Waals surface area contributed by atoms with Crippen LogP contribution in [0.15, 0.2) is 60.7 Å². The second-order valence-corrected chi connectivity index (χ2v) is 6.55. The van der Waals surface area contributed by atoms with Gasteiger partial charge in [-0.2, -0.15) is 0 Å². The van der Waals surface area contributed by atoms with Gasteiger partial charge in [-0.3, -0.25) is 14.2 Å². The lowest BCUT2D eigenvalue weighted by Gasteiger charge is -2.23. The summed E-state index contributed by atoms with van der Waals surface area (Å²) in [5.74, 6) is 0.0432. The first-order chi connectivity index (χ1) is 11.1. The van der Waals surface area contributed by atoms with E-state index in [9.17, 15) is 14.2 Å². The highest BCUT2D eigenvalue weighted by Gasteiger charge is 2.28. The Balaban J connectivity index is 1.98. The Morgan fingerprint density at radius 1 is 0.826 bits per heavy atom. The van der Waals surface area contributed by atoms with Crippen LogP contribution in [0.1, 0.15) is 5.56 Å². The summed E-state index contributed by atoms with van der Waals surface area (Å²) in [6.07, 6.45) is 3.76. The lowest BCUT2D eigenvalue weighted by molar-refractivity contribution is -0.113. The Kier molecular flexibility index (Phi) is 3.14. The van der Waals surface area contributed by atoms with Crippen molar-refractivity contribution in [2.45, 2.75) is 0 Å². The van der Waals surface area contributed by atoms with Crippen LogP contribution in [0.3, 0.4) is 0 Å². The quantitative estimate of drug-likeness (QED) is 0.598. The first-order valence-electron chi connectivity index (χ1n) is 7.08. The number of ketones is 2. The van der Waals surface area contributed by atoms with Crippen molar-refractivity contribution in [1.82, 2.24) is 0 Å². The fraction of sp³-hybridized carbons (Fsp3) is 0. The number of carbonyl (C=O) groups excluding carboxylic acids is 2. The number of benzene rings is 2. The van der Waals surface area contributed by atoms with Gasteiger partial charge in [-0.15, -0.1) is 0 Å². The Morgan fingerprint density at radius 2 is 1.57 bits per heavy atom. The van der Waals surface area contributed by atoms with Crippen LogP contribution in [0.2, 0.25) is 0 Å². The minimum absolute atomic E-state index is 0.256. The van der Waals surface area contributed by atoms with E-state index >= 15 is 0 Å². The molecule has 0 fully saturated rings. The number of fused-ring (bicyclic) bond motifs is 3. The minimum Gasteiger partial charge on any atom is -0.441 e. The second kappa shape index (κ2) is 5.18. The molecule has 0 radical (unpaired) electrons. The van der Waals surface area contributed by atoms with Crippen molar-refractivity contribution in [2.24, 2.45) is 0 Å². The number of hydrogen-bond acceptors (Lipinski definition) is 4. The maximum absolute atomic E-state index is 12.6. The molecule has 0 aromatic heterocycles. The molecule has 0 bridgehead atoms. The molecular formula is C18H11O4P. The van der Waals surface area contributed by atoms with Gasteiger partial charge in [-0.1, -0.05) is 36.4 Å². The van der Waals surface area contributed by atoms with E-state index in [1.165, 1.54) is 18.2 Å². The number of allylic oxidation sites excluding steroid dienone is 4. The maximum Gasteiger partial charge on any atom is 0.267 e. The number of para-hydroxylation sites is 1. The highest BCUT2D eigenvalue weighted by molar-refractivity contribution is 7.49. The van der Waals surface area contributed by atoms with E-state index in [4.69, 9.17) is 4.52 Å². The number of rotatable bonds is 1. The van der Waals surface area contributed by atoms with E-state index in [0.717, 1.165) is 11.1 Å². The van der Waals surface area contributed by atoms with Crippen molar-refractivity contribution >= 4 is 30.5 Å². The molecule has 0 amide bonds. The summed E-state index contributed by atoms with van der Waals surface area (Å²) in [5.41, 5.74) is 2.38. The van der Waals surface area contributed by atoms with Gasteiger partial charge in [-0.25, -0.2) is 0 Å². The first kappa shape index (κ1) is 13.9. The Morgan fingerprint density at radius 3 is 2.43 bits per heavy atom. The molecule has 2 aliphatic rings. The van der Waals surface area contributed by atoms with Gasteiger partial charge in [0.2, 0.25) is 0 Å². The molecule has 1 atom stereocenters. The molecular weight excluding hydrogens is 311 g/mol. The molecule has 5 heteroatoms. The molecule has 0 saturated heterocycles. The van der Waals surface area contributed by atoms with Crippen molar-refractivity contribution in [3.8, 4) is 16.9 Å². The van der Waals surface area contributed by atoms with Crippen molar-refractivity contribution in [2.75, 3.05) is 0 Å². The lowest BCUT2D eigenvalue weighted by atomic mass is 9.93. The van der Waals surface area contributed by atoms with Gasteiger partial charge in [0, 0.05) is 16.7 Å². The van der Waals surface area contributed by atoms with E-state index in [1.54, 1.807) is 18.2 Å². The van der Waals surface area contributed by atoms with E-state index in [2.05, 4.69) is 0 Å². The molecule has 4 nitrogen and oxygen atoms in total. The maximum atomic E-state index is 12.6. The molecule has 4 rings (SSSR count). The zero-order chi connectivity index (χ0) is 16.0. The molecule has 112 valence electrons. The fourth-order valence-electron chi connectivity index (χ4n) is 2.87. The molecule has 0 saturated carbocycles. The summed E-state index contributed by atoms with van der Waals surface area (Å²) < 4.78 is 18.2. The lowest BCUT2D eigenvalue weighted by Crippen LogP contribution is -2.18. The Labute approximate surface area is 133 Å². The van der Waals surface area contributed by atoms with Gasteiger partial charge in [-0.05, 0) is 29.9 Å². The summed E-state index contributed by atoms with van der Waals surface area (Å²) in [6.45, 7) is 0. The largest absolute Gasteiger partial charge is 0.441 e. The summed E-state index contributed by atoms with van der Waals surface area (Å²) in [7, 11) is -2.56. The SMILES string of the molecule is O=C1C=CC(=O)C(c2cccc3c2[PH](=O)Oc2ccccc2-3)=C1. The van der Waals surface area contributed by atoms with Crippen molar-refractivity contribution in [1.29, 1.82) is 0 Å². The van der Waals surface area contributed by atoms with Gasteiger partial charge < -0.3 is 4.52 Å². The molecule has 1 aliphatic heterocycles. The van der Waals surface area contributed by atoms with Crippen LogP contribution in [0, 0.1) is 0 Å². The van der Waals surface area contributed by atoms with Gasteiger partial charge in [0.05, 0.1) is 5.30 Å². The first-order valence-corrected chi connectivity index (χ1v) is 8.40. The van der Waals surface area contributed by atoms with Crippen LogP contribution in [-0.4, -0.2) is 11.6 Å². The van der Waals surface area contributed by atoms with Gasteiger partial charge in [0.15, 0.2) is 11.6 Å². The van der Waals surface area contributed by atoms with E-state index in [0.29, 0.717) is 16.6 Å². The van der Waals surface area contributed by atoms with Gasteiger partial charge in [0.25, 0.3) is 8.03 Å². The molecule has 1 unspecified atom stereocenters. The zero-order valence-corrected chi connectivity index (χ0v) is 12.9. The average Bonchev–Trinajstić information content (AvgIpc) is 2.57. The van der Waals surface area contributed by atoms with Gasteiger partial charge >= 0.3 is 0 Å². The summed E-state index contributed by atoms with van der Waals surface area (Å²) in [4.78, 5) is 23.8. The molecule has 23 heavy (non-hydrogen) atoms. The van der Waals surface area contributed by atoms with Crippen molar-refractivity contribution < 1.29 is 18.7 Å². The standard InChI is InChI=1S/C18H11O4P/c19-11-8-9-16(20)15(10-11)14-6-3-5-13-12-4-1-2-7-17(12)22-23(21)18(13)14/h1-10,23H. The Bertz CT molecular complexity index is 953. The highest BCUT2D eigenvalue weighted by atomic mass is 31.1. The van der Waals surface area contributed by atoms with Crippen LogP contribution in [0.25, 0.3) is 16.7 Å². The molecule has 1 heterocycles. The molecule has 2 aromatic carbocycles. The smallest absolute Gasteiger partial charge is 0.267 e. The monoisotopic (exact) mass is 322 g/mol. The Hall–Kier alpha value is -2.71. The van der Waals surface area contributed by atoms with Crippen LogP contribution in [0.4, 0.5) is 0 Å². The summed E-state index contributed by atoms with van der Waals surface area (Å²) >= 11 is 0. The van der Waals surface area contributed by atoms with Crippen LogP contribution < -0.4 is 9.83 Å². The fourth-order valence-corrected chi connectivity index (χ4v) is 4.23. The predicted octanol–water partition coefficient (Wildman–Crippen LogP) is 2.94. The molecule has 0 spiro atoms. The zero-order valence-electron chi connectivity index (χ0n) is 11.9. The minimum atomic E-state index is -2.56. The predicted molar refractivity (Wildman–Crippen MR) is 88.3 cm³/mol. The van der Waals surface area contributed by atoms with E-state index in [-0.39, 0.29) is 17.1 Å². The molecule has 2 aromatic rings. The average molecular weight is 322 g/mol. The van der Waals surface area contributed by atoms with Crippen LogP contribution in [0.5, 0.6) is 5.75 Å².